The number of rotatable bonds is 7. The van der Waals surface area contributed by atoms with Gasteiger partial charge in [0.05, 0.1) is 23.3 Å². The van der Waals surface area contributed by atoms with E-state index >= 15 is 0 Å². The van der Waals surface area contributed by atoms with Crippen molar-refractivity contribution < 1.29 is 23.5 Å². The standard InChI is InChI=1S/C29H26FN3O4/c1-17-7-6-8-18(2)27(17)33-26(34)16-31-28(35)19(3)37-29(36)23-15-25(20-11-13-21(30)14-12-20)32-24-10-5-4-9-22(23)24/h4-15,19H,16H2,1-3H3,(H,31,35)(H,33,34). The summed E-state index contributed by atoms with van der Waals surface area (Å²) in [5.41, 5.74) is 4.38. The maximum Gasteiger partial charge on any atom is 0.339 e. The molecule has 0 saturated carbocycles. The van der Waals surface area contributed by atoms with Crippen molar-refractivity contribution in [3.8, 4) is 11.3 Å². The van der Waals surface area contributed by atoms with Gasteiger partial charge >= 0.3 is 5.97 Å². The first-order valence-corrected chi connectivity index (χ1v) is 11.7. The van der Waals surface area contributed by atoms with Gasteiger partial charge in [0.2, 0.25) is 5.91 Å². The van der Waals surface area contributed by atoms with E-state index in [1.807, 2.05) is 32.0 Å². The highest BCUT2D eigenvalue weighted by Crippen LogP contribution is 2.26. The number of nitrogens with one attached hydrogen (secondary N) is 2. The molecule has 4 rings (SSSR count). The molecule has 188 valence electrons. The predicted molar refractivity (Wildman–Crippen MR) is 140 cm³/mol. The minimum Gasteiger partial charge on any atom is -0.449 e. The molecule has 8 heteroatoms. The summed E-state index contributed by atoms with van der Waals surface area (Å²) in [6, 6.07) is 20.0. The third-order valence-corrected chi connectivity index (χ3v) is 5.90. The van der Waals surface area contributed by atoms with Crippen LogP contribution >= 0.6 is 0 Å². The third-order valence-electron chi connectivity index (χ3n) is 5.90. The average molecular weight is 500 g/mol. The van der Waals surface area contributed by atoms with Crippen molar-refractivity contribution in [3.05, 3.63) is 95.3 Å². The minimum atomic E-state index is -1.15. The summed E-state index contributed by atoms with van der Waals surface area (Å²) < 4.78 is 18.8. The molecule has 0 spiro atoms. The van der Waals surface area contributed by atoms with Crippen LogP contribution in [0.1, 0.15) is 28.4 Å². The van der Waals surface area contributed by atoms with E-state index in [1.165, 1.54) is 19.1 Å². The number of carbonyl (C=O) groups is 3. The first-order chi connectivity index (χ1) is 17.7. The van der Waals surface area contributed by atoms with Crippen molar-refractivity contribution in [3.63, 3.8) is 0 Å². The van der Waals surface area contributed by atoms with Gasteiger partial charge in [0, 0.05) is 16.6 Å². The quantitative estimate of drug-likeness (QED) is 0.351. The topological polar surface area (TPSA) is 97.4 Å². The lowest BCUT2D eigenvalue weighted by atomic mass is 10.0. The van der Waals surface area contributed by atoms with Crippen LogP contribution in [-0.4, -0.2) is 35.4 Å². The van der Waals surface area contributed by atoms with Gasteiger partial charge in [-0.2, -0.15) is 0 Å². The molecule has 0 bridgehead atoms. The second-order valence-corrected chi connectivity index (χ2v) is 8.66. The Morgan fingerprint density at radius 3 is 2.32 bits per heavy atom. The highest BCUT2D eigenvalue weighted by Gasteiger charge is 2.22. The monoisotopic (exact) mass is 499 g/mol. The normalized spacial score (nSPS) is 11.6. The number of aryl methyl sites for hydroxylation is 2. The Bertz CT molecular complexity index is 1460. The van der Waals surface area contributed by atoms with Gasteiger partial charge in [0.25, 0.3) is 5.91 Å². The van der Waals surface area contributed by atoms with Crippen LogP contribution in [0.5, 0.6) is 0 Å². The maximum absolute atomic E-state index is 13.4. The highest BCUT2D eigenvalue weighted by atomic mass is 19.1. The van der Waals surface area contributed by atoms with Crippen LogP contribution in [-0.2, 0) is 14.3 Å². The Balaban J connectivity index is 1.45. The number of benzene rings is 3. The van der Waals surface area contributed by atoms with Crippen LogP contribution < -0.4 is 10.6 Å². The van der Waals surface area contributed by atoms with Gasteiger partial charge in [0.15, 0.2) is 6.10 Å². The summed E-state index contributed by atoms with van der Waals surface area (Å²) in [6.07, 6.45) is -1.15. The third kappa shape index (κ3) is 5.98. The zero-order valence-corrected chi connectivity index (χ0v) is 20.7. The Morgan fingerprint density at radius 1 is 0.946 bits per heavy atom. The summed E-state index contributed by atoms with van der Waals surface area (Å²) in [4.78, 5) is 42.6. The fraction of sp³-hybridized carbons (Fsp3) is 0.172. The molecule has 1 unspecified atom stereocenters. The number of anilines is 1. The summed E-state index contributed by atoms with van der Waals surface area (Å²) in [5, 5.41) is 5.85. The van der Waals surface area contributed by atoms with E-state index in [0.29, 0.717) is 27.8 Å². The number of halogens is 1. The largest absolute Gasteiger partial charge is 0.449 e. The minimum absolute atomic E-state index is 0.220. The van der Waals surface area contributed by atoms with E-state index in [1.54, 1.807) is 42.5 Å². The molecule has 3 aromatic carbocycles. The number of amides is 2. The van der Waals surface area contributed by atoms with E-state index in [4.69, 9.17) is 4.74 Å². The summed E-state index contributed by atoms with van der Waals surface area (Å²) >= 11 is 0. The number of pyridine rings is 1. The molecular weight excluding hydrogens is 473 g/mol. The molecule has 0 aliphatic heterocycles. The van der Waals surface area contributed by atoms with Crippen molar-refractivity contribution in [2.75, 3.05) is 11.9 Å². The second kappa shape index (κ2) is 11.0. The molecular formula is C29H26FN3O4. The molecule has 4 aromatic rings. The number of hydrogen-bond donors (Lipinski definition) is 2. The Morgan fingerprint density at radius 2 is 1.62 bits per heavy atom. The zero-order chi connectivity index (χ0) is 26.5. The first-order valence-electron chi connectivity index (χ1n) is 11.7. The van der Waals surface area contributed by atoms with Crippen LogP contribution in [0.15, 0.2) is 72.8 Å². The van der Waals surface area contributed by atoms with Gasteiger partial charge in [-0.25, -0.2) is 14.2 Å². The number of hydrogen-bond acceptors (Lipinski definition) is 5. The molecule has 1 aromatic heterocycles. The fourth-order valence-corrected chi connectivity index (χ4v) is 3.90. The number of esters is 1. The van der Waals surface area contributed by atoms with Gasteiger partial charge in [-0.15, -0.1) is 0 Å². The van der Waals surface area contributed by atoms with E-state index in [9.17, 15) is 18.8 Å². The van der Waals surface area contributed by atoms with Crippen LogP contribution in [0, 0.1) is 19.7 Å². The Labute approximate surface area is 213 Å². The number of carbonyl (C=O) groups excluding carboxylic acids is 3. The van der Waals surface area contributed by atoms with Crippen molar-refractivity contribution >= 4 is 34.4 Å². The van der Waals surface area contributed by atoms with E-state index in [0.717, 1.165) is 11.1 Å². The lowest BCUT2D eigenvalue weighted by molar-refractivity contribution is -0.130. The van der Waals surface area contributed by atoms with Crippen LogP contribution in [0.4, 0.5) is 10.1 Å². The number of fused-ring (bicyclic) bond motifs is 1. The molecule has 2 N–H and O–H groups in total. The molecule has 0 saturated heterocycles. The predicted octanol–water partition coefficient (Wildman–Crippen LogP) is 4.96. The first kappa shape index (κ1) is 25.5. The van der Waals surface area contributed by atoms with E-state index in [-0.39, 0.29) is 17.9 Å². The van der Waals surface area contributed by atoms with Gasteiger partial charge in [-0.1, -0.05) is 36.4 Å². The van der Waals surface area contributed by atoms with E-state index in [2.05, 4.69) is 15.6 Å². The molecule has 0 aliphatic carbocycles. The molecule has 1 atom stereocenters. The molecule has 2 amide bonds. The van der Waals surface area contributed by atoms with E-state index < -0.39 is 23.9 Å². The lowest BCUT2D eigenvalue weighted by Gasteiger charge is -2.16. The maximum atomic E-state index is 13.4. The van der Waals surface area contributed by atoms with Crippen molar-refractivity contribution in [2.45, 2.75) is 26.9 Å². The lowest BCUT2D eigenvalue weighted by Crippen LogP contribution is -2.40. The van der Waals surface area contributed by atoms with Gasteiger partial charge in [-0.3, -0.25) is 9.59 Å². The second-order valence-electron chi connectivity index (χ2n) is 8.66. The van der Waals surface area contributed by atoms with Gasteiger partial charge < -0.3 is 15.4 Å². The summed E-state index contributed by atoms with van der Waals surface area (Å²) in [7, 11) is 0. The average Bonchev–Trinajstić information content (AvgIpc) is 2.89. The Hall–Kier alpha value is -4.59. The highest BCUT2D eigenvalue weighted by molar-refractivity contribution is 6.05. The zero-order valence-electron chi connectivity index (χ0n) is 20.7. The number of aromatic nitrogens is 1. The summed E-state index contributed by atoms with van der Waals surface area (Å²) in [5.74, 6) is -2.10. The number of para-hydroxylation sites is 2. The smallest absolute Gasteiger partial charge is 0.339 e. The van der Waals surface area contributed by atoms with Crippen molar-refractivity contribution in [2.24, 2.45) is 0 Å². The molecule has 37 heavy (non-hydrogen) atoms. The van der Waals surface area contributed by atoms with Gasteiger partial charge in [-0.05, 0) is 68.3 Å². The van der Waals surface area contributed by atoms with Gasteiger partial charge in [0.1, 0.15) is 5.82 Å². The molecule has 0 aliphatic rings. The fourth-order valence-electron chi connectivity index (χ4n) is 3.90. The molecule has 0 radical (unpaired) electrons. The number of nitrogens with zero attached hydrogens (tertiary/aromatic N) is 1. The van der Waals surface area contributed by atoms with Crippen molar-refractivity contribution in [1.29, 1.82) is 0 Å². The van der Waals surface area contributed by atoms with Crippen molar-refractivity contribution in [1.82, 2.24) is 10.3 Å². The number of ether oxygens (including phenoxy) is 1. The molecule has 1 heterocycles. The van der Waals surface area contributed by atoms with Crippen LogP contribution in [0.3, 0.4) is 0 Å². The SMILES string of the molecule is Cc1cccc(C)c1NC(=O)CNC(=O)C(C)OC(=O)c1cc(-c2ccc(F)cc2)nc2ccccc12. The molecule has 0 fully saturated rings. The Kier molecular flexibility index (Phi) is 7.57. The van der Waals surface area contributed by atoms with Crippen LogP contribution in [0.25, 0.3) is 22.2 Å². The summed E-state index contributed by atoms with van der Waals surface area (Å²) in [6.45, 7) is 4.92. The molecule has 7 nitrogen and oxygen atoms in total. The van der Waals surface area contributed by atoms with Crippen LogP contribution in [0.2, 0.25) is 0 Å².